The van der Waals surface area contributed by atoms with Crippen molar-refractivity contribution in [1.82, 2.24) is 0 Å². The molecule has 5 heterocycles. The van der Waals surface area contributed by atoms with Crippen LogP contribution in [0.2, 0.25) is 0 Å². The lowest BCUT2D eigenvalue weighted by molar-refractivity contribution is -0.372. The van der Waals surface area contributed by atoms with Crippen LogP contribution in [0.15, 0.2) is 54.8 Å². The molecular weight excluding hydrogens is 762 g/mol. The minimum atomic E-state index is -1.49. The molecule has 0 amide bonds. The lowest BCUT2D eigenvalue weighted by atomic mass is 9.84. The first-order valence-corrected chi connectivity index (χ1v) is 19.1. The molecule has 0 saturated carbocycles. The number of aliphatic hydroxyl groups is 2. The molecule has 310 valence electrons. The minimum Gasteiger partial charge on any atom is -0.508 e. The Hall–Kier alpha value is -5.30. The quantitative estimate of drug-likeness (QED) is 0.106. The maximum Gasteiger partial charge on any atom is 0.317 e. The van der Waals surface area contributed by atoms with Crippen molar-refractivity contribution in [3.8, 4) is 34.5 Å². The maximum absolute atomic E-state index is 12.1. The van der Waals surface area contributed by atoms with Gasteiger partial charge in [0.25, 0.3) is 6.29 Å². The van der Waals surface area contributed by atoms with Gasteiger partial charge >= 0.3 is 11.9 Å². The van der Waals surface area contributed by atoms with Gasteiger partial charge in [-0.15, -0.1) is 0 Å². The Morgan fingerprint density at radius 2 is 1.79 bits per heavy atom. The number of esters is 1. The number of phenolic OH excluding ortho intramolecular Hbond substituents is 1. The van der Waals surface area contributed by atoms with E-state index in [9.17, 15) is 24.9 Å². The van der Waals surface area contributed by atoms with Gasteiger partial charge in [0.1, 0.15) is 55.2 Å². The molecule has 1 saturated heterocycles. The number of fused-ring (bicyclic) bond motifs is 8. The maximum atomic E-state index is 12.1. The van der Waals surface area contributed by atoms with Gasteiger partial charge in [0.15, 0.2) is 35.7 Å². The summed E-state index contributed by atoms with van der Waals surface area (Å²) >= 11 is 0. The average Bonchev–Trinajstić information content (AvgIpc) is 3.79. The monoisotopic (exact) mass is 807 g/mol. The first-order valence-electron chi connectivity index (χ1n) is 19.1. The molecule has 58 heavy (non-hydrogen) atoms. The van der Waals surface area contributed by atoms with E-state index in [1.54, 1.807) is 30.3 Å². The number of carbonyl (C=O) groups is 2. The molecule has 1 fully saturated rings. The topological polar surface area (TPSA) is 233 Å². The van der Waals surface area contributed by atoms with Gasteiger partial charge in [0, 0.05) is 34.7 Å². The van der Waals surface area contributed by atoms with Crippen molar-refractivity contribution >= 4 is 11.9 Å². The molecule has 0 spiro atoms. The van der Waals surface area contributed by atoms with E-state index in [0.29, 0.717) is 46.1 Å². The van der Waals surface area contributed by atoms with Crippen molar-refractivity contribution in [3.63, 3.8) is 0 Å². The van der Waals surface area contributed by atoms with Gasteiger partial charge in [-0.3, -0.25) is 9.59 Å². The SMILES string of the molecule is CC(C)Cc1c2c(cc3c1O[C@@H]1c4cc5c(cc4OC[C@H]31)[C@@H](c1cccc(O)c1)/C=C\O[C@H]1[C@H](O)[C@@H](COC(=O)CC(=O)O)O[C@@H](OCCN)[C@@H]1OO5)O[C@H](CO)O2. The number of ether oxygens (including phenoxy) is 8. The summed E-state index contributed by atoms with van der Waals surface area (Å²) in [5, 5.41) is 40.8. The Kier molecular flexibility index (Phi) is 11.3. The lowest BCUT2D eigenvalue weighted by Crippen LogP contribution is -2.61. The van der Waals surface area contributed by atoms with Crippen molar-refractivity contribution in [3.05, 3.63) is 82.6 Å². The highest BCUT2D eigenvalue weighted by Gasteiger charge is 2.51. The number of carbonyl (C=O) groups excluding carboxylic acids is 1. The Morgan fingerprint density at radius 3 is 2.55 bits per heavy atom. The van der Waals surface area contributed by atoms with Gasteiger partial charge in [0.05, 0.1) is 25.4 Å². The second kappa shape index (κ2) is 16.5. The molecule has 5 aliphatic heterocycles. The summed E-state index contributed by atoms with van der Waals surface area (Å²) in [6.07, 6.45) is -4.88. The third-order valence-corrected chi connectivity index (χ3v) is 10.5. The van der Waals surface area contributed by atoms with Crippen LogP contribution < -0.4 is 29.6 Å². The highest BCUT2D eigenvalue weighted by molar-refractivity contribution is 5.90. The van der Waals surface area contributed by atoms with E-state index in [1.165, 1.54) is 6.26 Å². The Balaban J connectivity index is 1.16. The van der Waals surface area contributed by atoms with Gasteiger partial charge in [-0.05, 0) is 54.3 Å². The summed E-state index contributed by atoms with van der Waals surface area (Å²) in [6.45, 7) is 3.77. The van der Waals surface area contributed by atoms with E-state index >= 15 is 0 Å². The molecule has 6 N–H and O–H groups in total. The zero-order valence-electron chi connectivity index (χ0n) is 31.7. The number of aliphatic carboxylic acids is 1. The zero-order chi connectivity index (χ0) is 40.7. The highest BCUT2D eigenvalue weighted by Crippen LogP contribution is 2.58. The fourth-order valence-electron chi connectivity index (χ4n) is 7.95. The van der Waals surface area contributed by atoms with Crippen molar-refractivity contribution < 1.29 is 77.7 Å². The molecular formula is C41H45NO16. The second-order valence-electron chi connectivity index (χ2n) is 15.0. The fraction of sp³-hybridized carbons (Fsp3) is 0.463. The largest absolute Gasteiger partial charge is 0.508 e. The molecule has 3 aromatic rings. The third-order valence-electron chi connectivity index (χ3n) is 10.5. The van der Waals surface area contributed by atoms with Crippen LogP contribution in [-0.4, -0.2) is 102 Å². The number of aromatic hydroxyl groups is 1. The van der Waals surface area contributed by atoms with Crippen molar-refractivity contribution in [1.29, 1.82) is 0 Å². The number of phenols is 1. The molecule has 17 nitrogen and oxygen atoms in total. The van der Waals surface area contributed by atoms with Crippen LogP contribution in [0.5, 0.6) is 34.5 Å². The smallest absolute Gasteiger partial charge is 0.317 e. The summed E-state index contributed by atoms with van der Waals surface area (Å²) in [5.74, 6) is -0.430. The average molecular weight is 808 g/mol. The van der Waals surface area contributed by atoms with Crippen LogP contribution in [0, 0.1) is 5.92 Å². The molecule has 0 aromatic heterocycles. The molecule has 3 aromatic carbocycles. The summed E-state index contributed by atoms with van der Waals surface area (Å²) in [5.41, 5.74) is 9.39. The molecule has 0 radical (unpaired) electrons. The number of rotatable bonds is 11. The van der Waals surface area contributed by atoms with Gasteiger partial charge in [-0.2, -0.15) is 4.89 Å². The van der Waals surface area contributed by atoms with Crippen molar-refractivity contribution in [2.45, 2.75) is 81.6 Å². The minimum absolute atomic E-state index is 0.00956. The van der Waals surface area contributed by atoms with Crippen LogP contribution in [0.4, 0.5) is 0 Å². The first kappa shape index (κ1) is 39.5. The molecule has 5 aliphatic rings. The molecule has 0 bridgehead atoms. The second-order valence-corrected chi connectivity index (χ2v) is 15.0. The predicted octanol–water partition coefficient (Wildman–Crippen LogP) is 3.09. The summed E-state index contributed by atoms with van der Waals surface area (Å²) in [4.78, 5) is 35.4. The van der Waals surface area contributed by atoms with E-state index in [0.717, 1.165) is 11.1 Å². The van der Waals surface area contributed by atoms with Crippen LogP contribution in [0.1, 0.15) is 66.0 Å². The van der Waals surface area contributed by atoms with Crippen molar-refractivity contribution in [2.75, 3.05) is 33.0 Å². The molecule has 8 rings (SSSR count). The highest BCUT2D eigenvalue weighted by atomic mass is 17.2. The third kappa shape index (κ3) is 7.68. The number of benzene rings is 3. The Morgan fingerprint density at radius 1 is 0.983 bits per heavy atom. The summed E-state index contributed by atoms with van der Waals surface area (Å²) in [7, 11) is 0. The van der Waals surface area contributed by atoms with Gasteiger partial charge < -0.3 is 68.9 Å². The number of carboxylic acids is 1. The number of hydrogen-bond acceptors (Lipinski definition) is 16. The van der Waals surface area contributed by atoms with Crippen LogP contribution in [-0.2, 0) is 39.8 Å². The van der Waals surface area contributed by atoms with E-state index in [-0.39, 0.29) is 49.7 Å². The number of nitrogens with two attached hydrogens (primary N) is 1. The lowest BCUT2D eigenvalue weighted by Gasteiger charge is -2.42. The number of hydrogen-bond donors (Lipinski definition) is 5. The van der Waals surface area contributed by atoms with Gasteiger partial charge in [-0.25, -0.2) is 0 Å². The van der Waals surface area contributed by atoms with Crippen LogP contribution in [0.3, 0.4) is 0 Å². The number of carboxylic acid groups (broad SMARTS) is 1. The summed E-state index contributed by atoms with van der Waals surface area (Å²) in [6, 6.07) is 12.2. The van der Waals surface area contributed by atoms with E-state index in [2.05, 4.69) is 13.8 Å². The van der Waals surface area contributed by atoms with E-state index in [4.69, 9.17) is 58.5 Å². The molecule has 0 aliphatic carbocycles. The van der Waals surface area contributed by atoms with Gasteiger partial charge in [-0.1, -0.05) is 26.0 Å². The normalized spacial score (nSPS) is 28.2. The zero-order valence-corrected chi connectivity index (χ0v) is 31.7. The molecule has 17 heteroatoms. The standard InChI is InChI=1S/C41H45NO16/c1-19(2)10-26-36-24(13-30-38(26)55-34(16-43)53-30)27-17-51-28-12-23-22(20-4-3-5-21(44)11-20)6-8-49-39-35(48)31(18-52-33(47)15-32(45)46)54-41(50-9-7-42)40(39)58-57-29(23)14-25(28)37(27)56-36/h3-6,8,11-14,19,22,27,31,34-35,37,39-41,43-44,48H,7,9-10,15-18,42H2,1-2H3,(H,45,46)/b8-6-/t22-,27-,31-,34+,35-,37-,39+,40-,41-/m1/s1. The Labute approximate surface area is 332 Å². The number of aliphatic hydroxyl groups excluding tert-OH is 2. The van der Waals surface area contributed by atoms with Crippen LogP contribution in [0.25, 0.3) is 0 Å². The predicted molar refractivity (Wildman–Crippen MR) is 198 cm³/mol. The summed E-state index contributed by atoms with van der Waals surface area (Å²) < 4.78 is 48.3. The fourth-order valence-corrected chi connectivity index (χ4v) is 7.95. The van der Waals surface area contributed by atoms with E-state index in [1.807, 2.05) is 18.2 Å². The van der Waals surface area contributed by atoms with Gasteiger partial charge in [0.2, 0.25) is 0 Å². The van der Waals surface area contributed by atoms with E-state index < -0.39 is 74.0 Å². The van der Waals surface area contributed by atoms with Crippen molar-refractivity contribution in [2.24, 2.45) is 11.7 Å². The Bertz CT molecular complexity index is 2050. The molecule has 9 atom stereocenters. The number of allylic oxidation sites excluding steroid dienone is 1. The first-order chi connectivity index (χ1) is 28.0. The molecule has 0 unspecified atom stereocenters. The van der Waals surface area contributed by atoms with Crippen LogP contribution >= 0.6 is 0 Å².